The maximum atomic E-state index is 12.4. The van der Waals surface area contributed by atoms with Gasteiger partial charge in [0.05, 0.1) is 12.0 Å². The van der Waals surface area contributed by atoms with E-state index in [1.807, 2.05) is 4.90 Å². The molecule has 0 aromatic rings. The minimum absolute atomic E-state index is 0.0699. The number of fused-ring (bicyclic) bond motifs is 1. The Morgan fingerprint density at radius 3 is 2.55 bits per heavy atom. The Morgan fingerprint density at radius 1 is 1.05 bits per heavy atom. The second kappa shape index (κ2) is 4.72. The van der Waals surface area contributed by atoms with E-state index in [1.54, 1.807) is 0 Å². The Hall–Kier alpha value is -1.10. The minimum atomic E-state index is -0.0699. The molecule has 4 rings (SSSR count). The second-order valence-corrected chi connectivity index (χ2v) is 6.77. The number of amides is 2. The number of nitrogens with zero attached hydrogens (tertiary/aromatic N) is 1. The van der Waals surface area contributed by atoms with Crippen LogP contribution in [0.2, 0.25) is 0 Å². The van der Waals surface area contributed by atoms with E-state index < -0.39 is 0 Å². The van der Waals surface area contributed by atoms with Gasteiger partial charge in [-0.1, -0.05) is 0 Å². The Kier molecular flexibility index (Phi) is 2.98. The van der Waals surface area contributed by atoms with E-state index in [0.29, 0.717) is 25.0 Å². The van der Waals surface area contributed by atoms with Crippen molar-refractivity contribution in [3.05, 3.63) is 0 Å². The normalized spacial score (nSPS) is 36.6. The first-order valence-corrected chi connectivity index (χ1v) is 7.93. The van der Waals surface area contributed by atoms with Crippen molar-refractivity contribution in [1.82, 2.24) is 10.2 Å². The molecule has 2 heterocycles. The molecule has 20 heavy (non-hydrogen) atoms. The van der Waals surface area contributed by atoms with Gasteiger partial charge >= 0.3 is 0 Å². The average Bonchev–Trinajstić information content (AvgIpc) is 3.36. The van der Waals surface area contributed by atoms with Crippen LogP contribution in [-0.2, 0) is 14.3 Å². The van der Waals surface area contributed by atoms with E-state index in [0.717, 1.165) is 38.7 Å². The summed E-state index contributed by atoms with van der Waals surface area (Å²) in [7, 11) is 0. The molecule has 110 valence electrons. The van der Waals surface area contributed by atoms with E-state index >= 15 is 0 Å². The summed E-state index contributed by atoms with van der Waals surface area (Å²) in [6, 6.07) is 0.387. The summed E-state index contributed by atoms with van der Waals surface area (Å²) >= 11 is 0. The summed E-state index contributed by atoms with van der Waals surface area (Å²) in [6.45, 7) is 2.01. The molecule has 2 aliphatic heterocycles. The third-order valence-corrected chi connectivity index (χ3v) is 5.09. The summed E-state index contributed by atoms with van der Waals surface area (Å²) in [5.41, 5.74) is 0. The smallest absolute Gasteiger partial charge is 0.225 e. The van der Waals surface area contributed by atoms with Gasteiger partial charge in [0, 0.05) is 37.6 Å². The lowest BCUT2D eigenvalue weighted by Gasteiger charge is -2.39. The maximum absolute atomic E-state index is 12.4. The summed E-state index contributed by atoms with van der Waals surface area (Å²) in [5.74, 6) is 0.834. The van der Waals surface area contributed by atoms with Gasteiger partial charge in [0.2, 0.25) is 11.8 Å². The molecule has 2 amide bonds. The zero-order valence-electron chi connectivity index (χ0n) is 11.7. The summed E-state index contributed by atoms with van der Waals surface area (Å²) in [4.78, 5) is 26.6. The lowest BCUT2D eigenvalue weighted by molar-refractivity contribution is -0.142. The summed E-state index contributed by atoms with van der Waals surface area (Å²) in [6.07, 6.45) is 5.27. The molecule has 0 aromatic heterocycles. The number of nitrogens with one attached hydrogen (secondary N) is 1. The molecule has 0 bridgehead atoms. The molecule has 2 saturated heterocycles. The van der Waals surface area contributed by atoms with Gasteiger partial charge in [-0.2, -0.15) is 0 Å². The van der Waals surface area contributed by atoms with E-state index in [2.05, 4.69) is 5.32 Å². The van der Waals surface area contributed by atoms with E-state index in [4.69, 9.17) is 4.74 Å². The number of rotatable bonds is 3. The fourth-order valence-corrected chi connectivity index (χ4v) is 3.56. The highest BCUT2D eigenvalue weighted by Gasteiger charge is 2.47. The Balaban J connectivity index is 1.48. The lowest BCUT2D eigenvalue weighted by Crippen LogP contribution is -2.54. The zero-order chi connectivity index (χ0) is 13.7. The van der Waals surface area contributed by atoms with Crippen LogP contribution in [0.25, 0.3) is 0 Å². The average molecular weight is 278 g/mol. The van der Waals surface area contributed by atoms with Crippen LogP contribution < -0.4 is 5.32 Å². The highest BCUT2D eigenvalue weighted by Crippen LogP contribution is 2.37. The number of ether oxygens (including phenoxy) is 1. The van der Waals surface area contributed by atoms with Crippen molar-refractivity contribution in [3.63, 3.8) is 0 Å². The van der Waals surface area contributed by atoms with Crippen molar-refractivity contribution in [3.8, 4) is 0 Å². The first-order valence-electron chi connectivity index (χ1n) is 7.93. The van der Waals surface area contributed by atoms with E-state index in [-0.39, 0.29) is 29.8 Å². The fraction of sp³-hybridized carbons (Fsp3) is 0.867. The van der Waals surface area contributed by atoms with Crippen LogP contribution in [0.1, 0.15) is 32.1 Å². The third-order valence-electron chi connectivity index (χ3n) is 5.09. The zero-order valence-corrected chi connectivity index (χ0v) is 11.7. The first kappa shape index (κ1) is 12.6. The predicted octanol–water partition coefficient (Wildman–Crippen LogP) is 0.538. The van der Waals surface area contributed by atoms with Gasteiger partial charge in [-0.15, -0.1) is 0 Å². The van der Waals surface area contributed by atoms with Gasteiger partial charge in [-0.25, -0.2) is 0 Å². The number of hydrogen-bond acceptors (Lipinski definition) is 3. The lowest BCUT2D eigenvalue weighted by atomic mass is 9.82. The number of carbonyl (C=O) groups is 2. The topological polar surface area (TPSA) is 58.6 Å². The largest absolute Gasteiger partial charge is 0.376 e. The van der Waals surface area contributed by atoms with Crippen molar-refractivity contribution < 1.29 is 14.3 Å². The standard InChI is InChI=1S/C15H22N2O3/c18-14(16-10-3-4-10)12-7-17(15(19)9-1-2-9)8-13-11(12)5-6-20-13/h9-13H,1-8H2,(H,16,18)/t11-,12-,13+/m0/s1. The van der Waals surface area contributed by atoms with Crippen molar-refractivity contribution >= 4 is 11.8 Å². The number of hydrogen-bond donors (Lipinski definition) is 1. The molecule has 4 fully saturated rings. The van der Waals surface area contributed by atoms with Gasteiger partial charge < -0.3 is 15.0 Å². The quantitative estimate of drug-likeness (QED) is 0.819. The number of piperidine rings is 1. The van der Waals surface area contributed by atoms with Crippen LogP contribution >= 0.6 is 0 Å². The molecule has 2 saturated carbocycles. The van der Waals surface area contributed by atoms with Crippen molar-refractivity contribution in [2.45, 2.75) is 44.2 Å². The van der Waals surface area contributed by atoms with Crippen molar-refractivity contribution in [2.24, 2.45) is 17.8 Å². The molecular formula is C15H22N2O3. The van der Waals surface area contributed by atoms with Gasteiger partial charge in [0.25, 0.3) is 0 Å². The summed E-state index contributed by atoms with van der Waals surface area (Å²) in [5, 5.41) is 3.11. The Morgan fingerprint density at radius 2 is 1.85 bits per heavy atom. The van der Waals surface area contributed by atoms with Gasteiger partial charge in [0.1, 0.15) is 0 Å². The molecule has 1 N–H and O–H groups in total. The minimum Gasteiger partial charge on any atom is -0.376 e. The first-order chi connectivity index (χ1) is 9.72. The molecule has 2 aliphatic carbocycles. The van der Waals surface area contributed by atoms with Crippen LogP contribution in [0.15, 0.2) is 0 Å². The number of likely N-dealkylation sites (tertiary alicyclic amines) is 1. The second-order valence-electron chi connectivity index (χ2n) is 6.77. The molecule has 0 radical (unpaired) electrons. The van der Waals surface area contributed by atoms with E-state index in [9.17, 15) is 9.59 Å². The fourth-order valence-electron chi connectivity index (χ4n) is 3.56. The van der Waals surface area contributed by atoms with Crippen LogP contribution in [0.3, 0.4) is 0 Å². The molecule has 3 atom stereocenters. The predicted molar refractivity (Wildman–Crippen MR) is 71.8 cm³/mol. The molecule has 0 spiro atoms. The third kappa shape index (κ3) is 2.32. The molecular weight excluding hydrogens is 256 g/mol. The summed E-state index contributed by atoms with van der Waals surface area (Å²) < 4.78 is 5.76. The molecule has 0 unspecified atom stereocenters. The van der Waals surface area contributed by atoms with E-state index in [1.165, 1.54) is 0 Å². The Bertz CT molecular complexity index is 431. The van der Waals surface area contributed by atoms with Crippen molar-refractivity contribution in [1.29, 1.82) is 0 Å². The Labute approximate surface area is 119 Å². The highest BCUT2D eigenvalue weighted by atomic mass is 16.5. The molecule has 5 heteroatoms. The van der Waals surface area contributed by atoms with Crippen LogP contribution in [0, 0.1) is 17.8 Å². The monoisotopic (exact) mass is 278 g/mol. The molecule has 4 aliphatic rings. The maximum Gasteiger partial charge on any atom is 0.225 e. The van der Waals surface area contributed by atoms with Crippen molar-refractivity contribution in [2.75, 3.05) is 19.7 Å². The molecule has 5 nitrogen and oxygen atoms in total. The van der Waals surface area contributed by atoms with Gasteiger partial charge in [0.15, 0.2) is 0 Å². The highest BCUT2D eigenvalue weighted by molar-refractivity contribution is 5.84. The van der Waals surface area contributed by atoms with Gasteiger partial charge in [-0.05, 0) is 32.1 Å². The SMILES string of the molecule is O=C(NC1CC1)[C@H]1CN(C(=O)C2CC2)C[C@H]2OCC[C@@H]12. The number of carbonyl (C=O) groups excluding carboxylic acids is 2. The van der Waals surface area contributed by atoms with Crippen LogP contribution in [-0.4, -0.2) is 48.6 Å². The van der Waals surface area contributed by atoms with Crippen LogP contribution in [0.5, 0.6) is 0 Å². The van der Waals surface area contributed by atoms with Crippen LogP contribution in [0.4, 0.5) is 0 Å². The molecule has 0 aromatic carbocycles. The van der Waals surface area contributed by atoms with Gasteiger partial charge in [-0.3, -0.25) is 9.59 Å².